The summed E-state index contributed by atoms with van der Waals surface area (Å²) in [6.07, 6.45) is 5.66. The lowest BCUT2D eigenvalue weighted by Gasteiger charge is -2.24. The largest absolute Gasteiger partial charge is 0.359 e. The van der Waals surface area contributed by atoms with Crippen molar-refractivity contribution in [1.29, 1.82) is 0 Å². The van der Waals surface area contributed by atoms with Crippen LogP contribution in [0, 0.1) is 5.92 Å². The van der Waals surface area contributed by atoms with Gasteiger partial charge in [-0.3, -0.25) is 14.3 Å². The van der Waals surface area contributed by atoms with Crippen LogP contribution in [0.1, 0.15) is 59.7 Å². The Morgan fingerprint density at radius 1 is 1.29 bits per heavy atom. The smallest absolute Gasteiger partial charge is 0.270 e. The molecule has 0 bridgehead atoms. The van der Waals surface area contributed by atoms with Gasteiger partial charge in [-0.15, -0.1) is 11.3 Å². The molecule has 2 aliphatic rings. The summed E-state index contributed by atoms with van der Waals surface area (Å²) < 4.78 is 1.91. The number of hydrogen-bond donors (Lipinski definition) is 3. The number of fused-ring (bicyclic) bond motifs is 1. The molecule has 8 nitrogen and oxygen atoms in total. The Morgan fingerprint density at radius 3 is 2.86 bits per heavy atom. The van der Waals surface area contributed by atoms with E-state index in [0.29, 0.717) is 23.8 Å². The molecule has 3 heterocycles. The SMILES string of the molecule is CC(C)NC(=O)c1cnn2c1CC(CNC(=O)c1csc(NC3CC3)n1)CC2. The van der Waals surface area contributed by atoms with Crippen molar-refractivity contribution in [1.82, 2.24) is 25.4 Å². The Balaban J connectivity index is 1.33. The molecule has 2 aromatic heterocycles. The maximum Gasteiger partial charge on any atom is 0.270 e. The quantitative estimate of drug-likeness (QED) is 0.658. The highest BCUT2D eigenvalue weighted by Crippen LogP contribution is 2.27. The van der Waals surface area contributed by atoms with Crippen LogP contribution < -0.4 is 16.0 Å². The molecule has 0 spiro atoms. The number of aromatic nitrogens is 3. The van der Waals surface area contributed by atoms with Gasteiger partial charge in [0, 0.05) is 30.6 Å². The van der Waals surface area contributed by atoms with Crippen molar-refractivity contribution >= 4 is 28.3 Å². The number of thiazole rings is 1. The number of carbonyl (C=O) groups is 2. The van der Waals surface area contributed by atoms with Gasteiger partial charge < -0.3 is 16.0 Å². The zero-order valence-corrected chi connectivity index (χ0v) is 17.0. The monoisotopic (exact) mass is 402 g/mol. The van der Waals surface area contributed by atoms with E-state index in [2.05, 4.69) is 26.0 Å². The van der Waals surface area contributed by atoms with Crippen molar-refractivity contribution in [3.8, 4) is 0 Å². The van der Waals surface area contributed by atoms with Crippen molar-refractivity contribution < 1.29 is 9.59 Å². The molecular formula is C19H26N6O2S. The minimum Gasteiger partial charge on any atom is -0.359 e. The molecule has 2 aromatic rings. The molecule has 1 saturated carbocycles. The first-order chi connectivity index (χ1) is 13.5. The first kappa shape index (κ1) is 18.9. The zero-order valence-electron chi connectivity index (χ0n) is 16.2. The molecule has 1 aliphatic heterocycles. The van der Waals surface area contributed by atoms with E-state index >= 15 is 0 Å². The summed E-state index contributed by atoms with van der Waals surface area (Å²) in [4.78, 5) is 29.2. The van der Waals surface area contributed by atoms with Crippen molar-refractivity contribution in [3.05, 3.63) is 28.5 Å². The third kappa shape index (κ3) is 4.35. The molecular weight excluding hydrogens is 376 g/mol. The molecule has 0 radical (unpaired) electrons. The van der Waals surface area contributed by atoms with E-state index in [1.807, 2.05) is 18.5 Å². The first-order valence-electron chi connectivity index (χ1n) is 9.85. The second-order valence-electron chi connectivity index (χ2n) is 7.88. The molecule has 1 unspecified atom stereocenters. The predicted molar refractivity (Wildman–Crippen MR) is 108 cm³/mol. The number of anilines is 1. The topological polar surface area (TPSA) is 101 Å². The Hall–Kier alpha value is -2.42. The number of nitrogens with one attached hydrogen (secondary N) is 3. The van der Waals surface area contributed by atoms with Gasteiger partial charge in [-0.25, -0.2) is 4.98 Å². The second kappa shape index (κ2) is 7.90. The number of rotatable bonds is 7. The van der Waals surface area contributed by atoms with Crippen LogP contribution in [0.15, 0.2) is 11.6 Å². The maximum absolute atomic E-state index is 12.4. The van der Waals surface area contributed by atoms with E-state index in [9.17, 15) is 9.59 Å². The highest BCUT2D eigenvalue weighted by Gasteiger charge is 2.26. The number of aryl methyl sites for hydroxylation is 1. The molecule has 0 saturated heterocycles. The van der Waals surface area contributed by atoms with Gasteiger partial charge in [0.05, 0.1) is 17.5 Å². The summed E-state index contributed by atoms with van der Waals surface area (Å²) in [5.41, 5.74) is 2.05. The second-order valence-corrected chi connectivity index (χ2v) is 8.74. The number of hydrogen-bond acceptors (Lipinski definition) is 6. The molecule has 9 heteroatoms. The summed E-state index contributed by atoms with van der Waals surface area (Å²) in [5, 5.41) is 16.2. The molecule has 0 aromatic carbocycles. The summed E-state index contributed by atoms with van der Waals surface area (Å²) in [6.45, 7) is 5.21. The van der Waals surface area contributed by atoms with Gasteiger partial charge >= 0.3 is 0 Å². The van der Waals surface area contributed by atoms with Crippen LogP contribution in [0.5, 0.6) is 0 Å². The maximum atomic E-state index is 12.4. The standard InChI is InChI=1S/C19H26N6O2S/c1-11(2)22-17(26)14-9-21-25-6-5-12(7-16(14)25)8-20-18(27)15-10-28-19(24-15)23-13-3-4-13/h9-13H,3-8H2,1-2H3,(H,20,27)(H,22,26)(H,23,24). The molecule has 1 aliphatic carbocycles. The summed E-state index contributed by atoms with van der Waals surface area (Å²) in [6, 6.07) is 0.607. The lowest BCUT2D eigenvalue weighted by atomic mass is 9.94. The molecule has 1 atom stereocenters. The van der Waals surface area contributed by atoms with Crippen molar-refractivity contribution in [2.24, 2.45) is 5.92 Å². The van der Waals surface area contributed by atoms with Crippen LogP contribution in [0.25, 0.3) is 0 Å². The molecule has 3 N–H and O–H groups in total. The Labute approximate surface area is 168 Å². The fourth-order valence-corrected chi connectivity index (χ4v) is 4.15. The van der Waals surface area contributed by atoms with Gasteiger partial charge in [0.25, 0.3) is 11.8 Å². The van der Waals surface area contributed by atoms with E-state index < -0.39 is 0 Å². The number of amides is 2. The van der Waals surface area contributed by atoms with Crippen molar-refractivity contribution in [2.45, 2.75) is 58.2 Å². The molecule has 28 heavy (non-hydrogen) atoms. The average molecular weight is 403 g/mol. The normalized spacial score (nSPS) is 18.6. The van der Waals surface area contributed by atoms with Gasteiger partial charge in [-0.1, -0.05) is 0 Å². The third-order valence-corrected chi connectivity index (χ3v) is 5.81. The highest BCUT2D eigenvalue weighted by molar-refractivity contribution is 7.13. The van der Waals surface area contributed by atoms with Crippen LogP contribution >= 0.6 is 11.3 Å². The Morgan fingerprint density at radius 2 is 2.11 bits per heavy atom. The molecule has 4 rings (SSSR count). The van der Waals surface area contributed by atoms with Crippen LogP contribution in [0.2, 0.25) is 0 Å². The predicted octanol–water partition coefficient (Wildman–Crippen LogP) is 2.04. The molecule has 1 fully saturated rings. The highest BCUT2D eigenvalue weighted by atomic mass is 32.1. The fraction of sp³-hybridized carbons (Fsp3) is 0.579. The third-order valence-electron chi connectivity index (χ3n) is 5.04. The van der Waals surface area contributed by atoms with Gasteiger partial charge in [0.15, 0.2) is 5.13 Å². The van der Waals surface area contributed by atoms with E-state index in [1.165, 1.54) is 24.2 Å². The van der Waals surface area contributed by atoms with E-state index in [-0.39, 0.29) is 23.8 Å². The molecule has 2 amide bonds. The van der Waals surface area contributed by atoms with Crippen molar-refractivity contribution in [3.63, 3.8) is 0 Å². The average Bonchev–Trinajstić information content (AvgIpc) is 3.17. The van der Waals surface area contributed by atoms with Gasteiger partial charge in [-0.2, -0.15) is 5.10 Å². The van der Waals surface area contributed by atoms with Gasteiger partial charge in [0.2, 0.25) is 0 Å². The lowest BCUT2D eigenvalue weighted by Crippen LogP contribution is -2.35. The molecule has 150 valence electrons. The van der Waals surface area contributed by atoms with Crippen LogP contribution in [-0.4, -0.2) is 45.2 Å². The van der Waals surface area contributed by atoms with E-state index in [0.717, 1.165) is 30.2 Å². The van der Waals surface area contributed by atoms with Crippen LogP contribution in [0.4, 0.5) is 5.13 Å². The number of nitrogens with zero attached hydrogens (tertiary/aromatic N) is 3. The van der Waals surface area contributed by atoms with Crippen LogP contribution in [0.3, 0.4) is 0 Å². The zero-order chi connectivity index (χ0) is 19.7. The summed E-state index contributed by atoms with van der Waals surface area (Å²) >= 11 is 1.47. The van der Waals surface area contributed by atoms with Crippen molar-refractivity contribution in [2.75, 3.05) is 11.9 Å². The first-order valence-corrected chi connectivity index (χ1v) is 10.7. The van der Waals surface area contributed by atoms with Crippen LogP contribution in [-0.2, 0) is 13.0 Å². The minimum absolute atomic E-state index is 0.0825. The van der Waals surface area contributed by atoms with Gasteiger partial charge in [0.1, 0.15) is 5.69 Å². The Bertz CT molecular complexity index is 870. The Kier molecular flexibility index (Phi) is 5.34. The minimum atomic E-state index is -0.142. The number of carbonyl (C=O) groups excluding carboxylic acids is 2. The van der Waals surface area contributed by atoms with E-state index in [1.54, 1.807) is 11.6 Å². The van der Waals surface area contributed by atoms with E-state index in [4.69, 9.17) is 0 Å². The summed E-state index contributed by atoms with van der Waals surface area (Å²) in [7, 11) is 0. The lowest BCUT2D eigenvalue weighted by molar-refractivity contribution is 0.0928. The van der Waals surface area contributed by atoms with Gasteiger partial charge in [-0.05, 0) is 45.4 Å². The summed E-state index contributed by atoms with van der Waals surface area (Å²) in [5.74, 6) is 0.0532. The fourth-order valence-electron chi connectivity index (χ4n) is 3.38.